The van der Waals surface area contributed by atoms with Gasteiger partial charge in [-0.15, -0.1) is 6.58 Å². The maximum Gasteiger partial charge on any atom is 0.00787 e. The monoisotopic (exact) mass is 221 g/mol. The van der Waals surface area contributed by atoms with Gasteiger partial charge in [-0.1, -0.05) is 19.9 Å². The minimum Gasteiger partial charge on any atom is -0.300 e. The molecular formula is C15H27N. The Kier molecular flexibility index (Phi) is 3.18. The molecule has 3 atom stereocenters. The third kappa shape index (κ3) is 1.84. The van der Waals surface area contributed by atoms with Crippen molar-refractivity contribution in [3.63, 3.8) is 0 Å². The van der Waals surface area contributed by atoms with E-state index in [2.05, 4.69) is 45.2 Å². The van der Waals surface area contributed by atoms with E-state index in [9.17, 15) is 0 Å². The average Bonchev–Trinajstić information content (AvgIpc) is 2.70. The Balaban J connectivity index is 2.12. The molecule has 0 N–H and O–H groups in total. The molecule has 1 heterocycles. The number of nitrogens with zero attached hydrogens (tertiary/aromatic N) is 1. The van der Waals surface area contributed by atoms with Crippen molar-refractivity contribution < 1.29 is 0 Å². The highest BCUT2D eigenvalue weighted by molar-refractivity contribution is 5.12. The molecular weight excluding hydrogens is 194 g/mol. The second-order valence-electron chi connectivity index (χ2n) is 6.60. The molecule has 1 heteroatoms. The smallest absolute Gasteiger partial charge is 0.00787 e. The summed E-state index contributed by atoms with van der Waals surface area (Å²) in [4.78, 5) is 2.64. The summed E-state index contributed by atoms with van der Waals surface area (Å²) in [6, 6.07) is 0.694. The summed E-state index contributed by atoms with van der Waals surface area (Å²) in [5, 5.41) is 0. The first-order chi connectivity index (χ1) is 7.48. The lowest BCUT2D eigenvalue weighted by Crippen LogP contribution is -2.32. The minimum absolute atomic E-state index is 0.444. The van der Waals surface area contributed by atoms with Gasteiger partial charge >= 0.3 is 0 Å². The van der Waals surface area contributed by atoms with E-state index in [-0.39, 0.29) is 0 Å². The summed E-state index contributed by atoms with van der Waals surface area (Å²) >= 11 is 0. The van der Waals surface area contributed by atoms with E-state index in [1.807, 2.05) is 0 Å². The second-order valence-corrected chi connectivity index (χ2v) is 6.60. The molecule has 92 valence electrons. The summed E-state index contributed by atoms with van der Waals surface area (Å²) in [5.74, 6) is 2.65. The van der Waals surface area contributed by atoms with Crippen molar-refractivity contribution in [3.8, 4) is 0 Å². The first-order valence-corrected chi connectivity index (χ1v) is 6.86. The lowest BCUT2D eigenvalue weighted by Gasteiger charge is -2.28. The van der Waals surface area contributed by atoms with Gasteiger partial charge in [0.1, 0.15) is 0 Å². The molecule has 16 heavy (non-hydrogen) atoms. The van der Waals surface area contributed by atoms with Gasteiger partial charge < -0.3 is 0 Å². The standard InChI is InChI=1S/C15H27N/c1-6-15-8-13(11(2)3)7-14(15)9-16(10-15)12(4)5/h6,11-14H,1,7-10H2,2-5H3/t13?,14-,15+/m1/s1. The maximum atomic E-state index is 4.14. The predicted octanol–water partition coefficient (Wildman–Crippen LogP) is 3.57. The van der Waals surface area contributed by atoms with Crippen molar-refractivity contribution in [1.29, 1.82) is 0 Å². The van der Waals surface area contributed by atoms with Crippen LogP contribution in [0, 0.1) is 23.2 Å². The van der Waals surface area contributed by atoms with E-state index < -0.39 is 0 Å². The molecule has 1 saturated carbocycles. The summed E-state index contributed by atoms with van der Waals surface area (Å²) in [6.07, 6.45) is 5.08. The molecule has 2 rings (SSSR count). The zero-order valence-corrected chi connectivity index (χ0v) is 11.4. The summed E-state index contributed by atoms with van der Waals surface area (Å²) in [6.45, 7) is 16.1. The van der Waals surface area contributed by atoms with E-state index in [0.29, 0.717) is 11.5 Å². The Morgan fingerprint density at radius 1 is 1.31 bits per heavy atom. The van der Waals surface area contributed by atoms with E-state index in [4.69, 9.17) is 0 Å². The van der Waals surface area contributed by atoms with Crippen molar-refractivity contribution in [2.45, 2.75) is 46.6 Å². The Hall–Kier alpha value is -0.300. The molecule has 0 spiro atoms. The number of likely N-dealkylation sites (tertiary alicyclic amines) is 1. The molecule has 1 saturated heterocycles. The fourth-order valence-electron chi connectivity index (χ4n) is 3.73. The highest BCUT2D eigenvalue weighted by atomic mass is 15.2. The van der Waals surface area contributed by atoms with Gasteiger partial charge in [-0.25, -0.2) is 0 Å². The van der Waals surface area contributed by atoms with Gasteiger partial charge in [-0.05, 0) is 44.4 Å². The van der Waals surface area contributed by atoms with Crippen molar-refractivity contribution in [2.24, 2.45) is 23.2 Å². The fraction of sp³-hybridized carbons (Fsp3) is 0.867. The molecule has 0 aromatic carbocycles. The van der Waals surface area contributed by atoms with Gasteiger partial charge in [-0.3, -0.25) is 4.90 Å². The van der Waals surface area contributed by atoms with Crippen molar-refractivity contribution >= 4 is 0 Å². The fourth-order valence-corrected chi connectivity index (χ4v) is 3.73. The van der Waals surface area contributed by atoms with Gasteiger partial charge in [0.25, 0.3) is 0 Å². The molecule has 1 nitrogen and oxygen atoms in total. The second kappa shape index (κ2) is 4.18. The molecule has 0 bridgehead atoms. The van der Waals surface area contributed by atoms with Crippen LogP contribution in [-0.4, -0.2) is 24.0 Å². The lowest BCUT2D eigenvalue weighted by molar-refractivity contribution is 0.222. The van der Waals surface area contributed by atoms with Gasteiger partial charge in [0.05, 0.1) is 0 Å². The zero-order valence-electron chi connectivity index (χ0n) is 11.4. The number of hydrogen-bond acceptors (Lipinski definition) is 1. The summed E-state index contributed by atoms with van der Waals surface area (Å²) < 4.78 is 0. The Morgan fingerprint density at radius 2 is 2.00 bits per heavy atom. The van der Waals surface area contributed by atoms with Gasteiger partial charge in [0, 0.05) is 24.5 Å². The zero-order chi connectivity index (χ0) is 11.9. The molecule has 2 aliphatic rings. The number of fused-ring (bicyclic) bond motifs is 1. The Morgan fingerprint density at radius 3 is 2.44 bits per heavy atom. The first kappa shape index (κ1) is 12.2. The molecule has 1 unspecified atom stereocenters. The van der Waals surface area contributed by atoms with E-state index in [1.165, 1.54) is 25.9 Å². The molecule has 0 radical (unpaired) electrons. The van der Waals surface area contributed by atoms with E-state index >= 15 is 0 Å². The van der Waals surface area contributed by atoms with Crippen molar-refractivity contribution in [2.75, 3.05) is 13.1 Å². The first-order valence-electron chi connectivity index (χ1n) is 6.86. The molecule has 1 aliphatic heterocycles. The predicted molar refractivity (Wildman–Crippen MR) is 70.4 cm³/mol. The van der Waals surface area contributed by atoms with Crippen LogP contribution < -0.4 is 0 Å². The average molecular weight is 221 g/mol. The summed E-state index contributed by atoms with van der Waals surface area (Å²) in [7, 11) is 0. The highest BCUT2D eigenvalue weighted by Gasteiger charge is 2.51. The molecule has 0 aromatic rings. The minimum atomic E-state index is 0.444. The SMILES string of the molecule is C=C[C@@]12CC(C(C)C)C[C@@H]1CN(C(C)C)C2. The largest absolute Gasteiger partial charge is 0.300 e. The van der Waals surface area contributed by atoms with Crippen LogP contribution >= 0.6 is 0 Å². The van der Waals surface area contributed by atoms with Crippen LogP contribution in [0.4, 0.5) is 0 Å². The van der Waals surface area contributed by atoms with E-state index in [0.717, 1.165) is 17.8 Å². The normalized spacial score (nSPS) is 39.6. The van der Waals surface area contributed by atoms with Crippen LogP contribution in [0.1, 0.15) is 40.5 Å². The molecule has 0 aromatic heterocycles. The lowest BCUT2D eigenvalue weighted by atomic mass is 9.80. The van der Waals surface area contributed by atoms with Crippen LogP contribution in [0.2, 0.25) is 0 Å². The van der Waals surface area contributed by atoms with Crippen LogP contribution in [0.5, 0.6) is 0 Å². The van der Waals surface area contributed by atoms with Crippen LogP contribution in [0.25, 0.3) is 0 Å². The van der Waals surface area contributed by atoms with E-state index in [1.54, 1.807) is 0 Å². The van der Waals surface area contributed by atoms with Gasteiger partial charge in [0.15, 0.2) is 0 Å². The van der Waals surface area contributed by atoms with Crippen molar-refractivity contribution in [1.82, 2.24) is 4.90 Å². The Labute approximate surface area is 101 Å². The van der Waals surface area contributed by atoms with Crippen LogP contribution in [0.3, 0.4) is 0 Å². The summed E-state index contributed by atoms with van der Waals surface area (Å²) in [5.41, 5.74) is 0.444. The Bertz CT molecular complexity index is 247. The maximum absolute atomic E-state index is 4.14. The van der Waals surface area contributed by atoms with Crippen molar-refractivity contribution in [3.05, 3.63) is 12.7 Å². The number of rotatable bonds is 3. The third-order valence-corrected chi connectivity index (χ3v) is 5.07. The molecule has 2 fully saturated rings. The number of hydrogen-bond donors (Lipinski definition) is 0. The third-order valence-electron chi connectivity index (χ3n) is 5.07. The van der Waals surface area contributed by atoms with Crippen LogP contribution in [-0.2, 0) is 0 Å². The molecule has 1 aliphatic carbocycles. The quantitative estimate of drug-likeness (QED) is 0.659. The van der Waals surface area contributed by atoms with Gasteiger partial charge in [-0.2, -0.15) is 0 Å². The van der Waals surface area contributed by atoms with Crippen LogP contribution in [0.15, 0.2) is 12.7 Å². The topological polar surface area (TPSA) is 3.24 Å². The highest BCUT2D eigenvalue weighted by Crippen LogP contribution is 2.54. The van der Waals surface area contributed by atoms with Gasteiger partial charge in [0.2, 0.25) is 0 Å². The molecule has 0 amide bonds.